The van der Waals surface area contributed by atoms with Crippen LogP contribution in [-0.2, 0) is 36.7 Å². The Hall–Kier alpha value is -4.41. The fourth-order valence-corrected chi connectivity index (χ4v) is 5.73. The molecular formula is C34H45N5O6. The van der Waals surface area contributed by atoms with Gasteiger partial charge in [0.2, 0.25) is 11.8 Å². The Morgan fingerprint density at radius 3 is 2.49 bits per heavy atom. The maximum absolute atomic E-state index is 14.4. The molecule has 0 bridgehead atoms. The summed E-state index contributed by atoms with van der Waals surface area (Å²) in [5.74, 6) is -1.24. The second kappa shape index (κ2) is 13.7. The van der Waals surface area contributed by atoms with E-state index in [2.05, 4.69) is 20.6 Å². The molecule has 3 heterocycles. The highest BCUT2D eigenvalue weighted by Gasteiger charge is 2.46. The molecule has 242 valence electrons. The molecule has 11 heteroatoms. The van der Waals surface area contributed by atoms with Gasteiger partial charge >= 0.3 is 12.1 Å². The number of ether oxygens (including phenoxy) is 2. The van der Waals surface area contributed by atoms with Gasteiger partial charge in [0.05, 0.1) is 12.0 Å². The average molecular weight is 620 g/mol. The Balaban J connectivity index is 1.62. The Morgan fingerprint density at radius 2 is 1.80 bits per heavy atom. The number of likely N-dealkylation sites (tertiary alicyclic amines) is 1. The fourth-order valence-electron chi connectivity index (χ4n) is 5.73. The number of esters is 1. The Labute approximate surface area is 264 Å². The van der Waals surface area contributed by atoms with Crippen LogP contribution in [0.2, 0.25) is 0 Å². The zero-order chi connectivity index (χ0) is 32.8. The van der Waals surface area contributed by atoms with Crippen LogP contribution in [0.15, 0.2) is 54.9 Å². The van der Waals surface area contributed by atoms with Crippen LogP contribution < -0.4 is 10.6 Å². The number of fused-ring (bicyclic) bond motifs is 1. The maximum Gasteiger partial charge on any atom is 0.408 e. The highest BCUT2D eigenvalue weighted by atomic mass is 16.6. The number of carbonyl (C=O) groups excluding carboxylic acids is 4. The van der Waals surface area contributed by atoms with E-state index < -0.39 is 34.6 Å². The molecule has 0 radical (unpaired) electrons. The summed E-state index contributed by atoms with van der Waals surface area (Å²) in [6, 6.07) is 12.3. The molecule has 11 nitrogen and oxygen atoms in total. The van der Waals surface area contributed by atoms with Crippen molar-refractivity contribution in [2.45, 2.75) is 84.4 Å². The van der Waals surface area contributed by atoms with Crippen molar-refractivity contribution in [3.8, 4) is 0 Å². The van der Waals surface area contributed by atoms with Gasteiger partial charge in [-0.15, -0.1) is 0 Å². The highest BCUT2D eigenvalue weighted by molar-refractivity contribution is 5.94. The van der Waals surface area contributed by atoms with Crippen LogP contribution in [-0.4, -0.2) is 75.6 Å². The quantitative estimate of drug-likeness (QED) is 0.287. The normalized spacial score (nSPS) is 17.8. The molecule has 2 atom stereocenters. The highest BCUT2D eigenvalue weighted by Crippen LogP contribution is 2.35. The third-order valence-electron chi connectivity index (χ3n) is 7.93. The van der Waals surface area contributed by atoms with Crippen LogP contribution >= 0.6 is 0 Å². The first-order chi connectivity index (χ1) is 21.2. The van der Waals surface area contributed by atoms with E-state index in [0.29, 0.717) is 25.8 Å². The number of nitrogens with one attached hydrogen (secondary N) is 3. The molecule has 3 amide bonds. The van der Waals surface area contributed by atoms with E-state index in [-0.39, 0.29) is 31.4 Å². The monoisotopic (exact) mass is 619 g/mol. The lowest BCUT2D eigenvalue weighted by atomic mass is 9.75. The van der Waals surface area contributed by atoms with Gasteiger partial charge in [-0.25, -0.2) is 4.79 Å². The van der Waals surface area contributed by atoms with Crippen molar-refractivity contribution in [2.24, 2.45) is 5.41 Å². The van der Waals surface area contributed by atoms with Crippen LogP contribution in [0.4, 0.5) is 4.79 Å². The predicted octanol–water partition coefficient (Wildman–Crippen LogP) is 4.31. The summed E-state index contributed by atoms with van der Waals surface area (Å²) in [7, 11) is 0. The van der Waals surface area contributed by atoms with E-state index in [1.807, 2.05) is 48.7 Å². The number of amides is 3. The minimum absolute atomic E-state index is 0.126. The van der Waals surface area contributed by atoms with Crippen LogP contribution in [0.25, 0.3) is 10.9 Å². The molecule has 1 fully saturated rings. The van der Waals surface area contributed by atoms with E-state index in [0.717, 1.165) is 22.2 Å². The van der Waals surface area contributed by atoms with Crippen LogP contribution in [0.5, 0.6) is 0 Å². The molecule has 2 aromatic heterocycles. The predicted molar refractivity (Wildman–Crippen MR) is 170 cm³/mol. The van der Waals surface area contributed by atoms with Crippen molar-refractivity contribution >= 4 is 34.8 Å². The van der Waals surface area contributed by atoms with E-state index in [4.69, 9.17) is 9.47 Å². The van der Waals surface area contributed by atoms with Crippen molar-refractivity contribution < 1.29 is 28.7 Å². The number of aromatic nitrogens is 2. The third-order valence-corrected chi connectivity index (χ3v) is 7.93. The largest absolute Gasteiger partial charge is 0.466 e. The van der Waals surface area contributed by atoms with Crippen molar-refractivity contribution in [3.63, 3.8) is 0 Å². The lowest BCUT2D eigenvalue weighted by molar-refractivity contribution is -0.161. The zero-order valence-corrected chi connectivity index (χ0v) is 27.1. The minimum atomic E-state index is -1.39. The summed E-state index contributed by atoms with van der Waals surface area (Å²) in [5.41, 5.74) is -0.629. The molecule has 0 aliphatic carbocycles. The zero-order valence-electron chi connectivity index (χ0n) is 27.1. The first-order valence-electron chi connectivity index (χ1n) is 15.5. The van der Waals surface area contributed by atoms with E-state index in [1.165, 1.54) is 0 Å². The molecule has 45 heavy (non-hydrogen) atoms. The molecule has 4 rings (SSSR count). The van der Waals surface area contributed by atoms with Crippen molar-refractivity contribution in [3.05, 3.63) is 66.1 Å². The fraction of sp³-hybridized carbons (Fsp3) is 0.500. The SMILES string of the molecule is CCOC(=O)C1(Cc2ccccn2)CCCN(C(=O)[C@@H](Cc2c[nH]c3ccccc23)NC(=O)C(C)(C)NC(=O)OC(C)(C)C)C1. The molecule has 1 aromatic carbocycles. The first-order valence-corrected chi connectivity index (χ1v) is 15.5. The number of para-hydroxylation sites is 1. The van der Waals surface area contributed by atoms with Crippen LogP contribution in [0.1, 0.15) is 65.6 Å². The standard InChI is InChI=1S/C34H45N5O6/c1-7-44-30(42)34(20-24-13-10-11-17-35-24)16-12-18-39(22-34)28(40)27(19-23-21-36-26-15-9-8-14-25(23)26)37-29(41)33(5,6)38-31(43)45-32(2,3)4/h8-11,13-15,17,21,27,36H,7,12,16,18-20,22H2,1-6H3,(H,37,41)(H,38,43)/t27-,34?/m1/s1. The van der Waals surface area contributed by atoms with Gasteiger partial charge in [0.25, 0.3) is 0 Å². The molecule has 1 aliphatic heterocycles. The molecule has 1 unspecified atom stereocenters. The number of H-pyrrole nitrogens is 1. The summed E-state index contributed by atoms with van der Waals surface area (Å²) in [6.45, 7) is 10.8. The summed E-state index contributed by atoms with van der Waals surface area (Å²) in [4.78, 5) is 63.4. The maximum atomic E-state index is 14.4. The van der Waals surface area contributed by atoms with Gasteiger partial charge in [-0.1, -0.05) is 24.3 Å². The van der Waals surface area contributed by atoms with Crippen LogP contribution in [0, 0.1) is 5.41 Å². The Bertz CT molecular complexity index is 1510. The summed E-state index contributed by atoms with van der Waals surface area (Å²) in [5, 5.41) is 6.47. The van der Waals surface area contributed by atoms with E-state index in [9.17, 15) is 19.2 Å². The average Bonchev–Trinajstić information content (AvgIpc) is 3.38. The Kier molecular flexibility index (Phi) is 10.2. The molecule has 3 N–H and O–H groups in total. The molecule has 0 saturated carbocycles. The van der Waals surface area contributed by atoms with Gasteiger partial charge in [0.1, 0.15) is 17.2 Å². The molecule has 0 spiro atoms. The van der Waals surface area contributed by atoms with Crippen molar-refractivity contribution in [1.82, 2.24) is 25.5 Å². The number of nitrogens with zero attached hydrogens (tertiary/aromatic N) is 2. The summed E-state index contributed by atoms with van der Waals surface area (Å²) >= 11 is 0. The number of piperidine rings is 1. The molecule has 1 aliphatic rings. The van der Waals surface area contributed by atoms with Gasteiger partial charge in [0, 0.05) is 54.9 Å². The number of pyridine rings is 1. The van der Waals surface area contributed by atoms with E-state index in [1.54, 1.807) is 52.6 Å². The number of benzene rings is 1. The first kappa shape index (κ1) is 33.5. The minimum Gasteiger partial charge on any atom is -0.466 e. The lowest BCUT2D eigenvalue weighted by Crippen LogP contribution is -2.61. The number of alkyl carbamates (subject to hydrolysis) is 1. The summed E-state index contributed by atoms with van der Waals surface area (Å²) < 4.78 is 10.9. The van der Waals surface area contributed by atoms with Gasteiger partial charge in [-0.05, 0) is 78.1 Å². The van der Waals surface area contributed by atoms with Gasteiger partial charge < -0.3 is 30.0 Å². The van der Waals surface area contributed by atoms with Crippen molar-refractivity contribution in [1.29, 1.82) is 0 Å². The van der Waals surface area contributed by atoms with E-state index >= 15 is 0 Å². The number of rotatable bonds is 10. The summed E-state index contributed by atoms with van der Waals surface area (Å²) in [6.07, 6.45) is 4.41. The lowest BCUT2D eigenvalue weighted by Gasteiger charge is -2.42. The van der Waals surface area contributed by atoms with Crippen molar-refractivity contribution in [2.75, 3.05) is 19.7 Å². The van der Waals surface area contributed by atoms with Gasteiger partial charge in [0.15, 0.2) is 0 Å². The third kappa shape index (κ3) is 8.40. The smallest absolute Gasteiger partial charge is 0.408 e. The van der Waals surface area contributed by atoms with Crippen LogP contribution in [0.3, 0.4) is 0 Å². The molecule has 3 aromatic rings. The number of hydrogen-bond acceptors (Lipinski definition) is 7. The number of aromatic amines is 1. The van der Waals surface area contributed by atoms with Gasteiger partial charge in [-0.3, -0.25) is 19.4 Å². The number of carbonyl (C=O) groups is 4. The Morgan fingerprint density at radius 1 is 1.07 bits per heavy atom. The van der Waals surface area contributed by atoms with Gasteiger partial charge in [-0.2, -0.15) is 0 Å². The molecular weight excluding hydrogens is 574 g/mol. The topological polar surface area (TPSA) is 143 Å². The second-order valence-corrected chi connectivity index (χ2v) is 13.2. The second-order valence-electron chi connectivity index (χ2n) is 13.2. The molecule has 1 saturated heterocycles. The number of hydrogen-bond donors (Lipinski definition) is 3.